The van der Waals surface area contributed by atoms with Gasteiger partial charge in [0.25, 0.3) is 0 Å². The zero-order chi connectivity index (χ0) is 13.1. The molecule has 0 saturated heterocycles. The van der Waals surface area contributed by atoms with E-state index in [4.69, 9.17) is 16.9 Å². The first-order chi connectivity index (χ1) is 8.63. The van der Waals surface area contributed by atoms with Crippen molar-refractivity contribution in [1.82, 2.24) is 9.97 Å². The van der Waals surface area contributed by atoms with Gasteiger partial charge in [0.1, 0.15) is 6.20 Å². The average Bonchev–Trinajstić information content (AvgIpc) is 3.13. The molecule has 1 aromatic heterocycles. The van der Waals surface area contributed by atoms with Crippen LogP contribution in [0, 0.1) is 21.4 Å². The van der Waals surface area contributed by atoms with Gasteiger partial charge < -0.3 is 4.90 Å². The van der Waals surface area contributed by atoms with Crippen molar-refractivity contribution in [2.24, 2.45) is 0 Å². The predicted octanol–water partition coefficient (Wildman–Crippen LogP) is 1.92. The van der Waals surface area contributed by atoms with Gasteiger partial charge in [-0.25, -0.2) is 4.98 Å². The molecule has 1 heterocycles. The second kappa shape index (κ2) is 5.14. The van der Waals surface area contributed by atoms with Crippen LogP contribution < -0.4 is 4.90 Å². The van der Waals surface area contributed by atoms with E-state index in [0.29, 0.717) is 6.54 Å². The summed E-state index contributed by atoms with van der Waals surface area (Å²) in [6.45, 7) is 0.412. The second-order valence-electron chi connectivity index (χ2n) is 3.94. The molecule has 0 amide bonds. The van der Waals surface area contributed by atoms with Gasteiger partial charge in [0.05, 0.1) is 17.4 Å². The number of aromatic nitrogens is 2. The summed E-state index contributed by atoms with van der Waals surface area (Å²) in [6.07, 6.45) is 3.29. The van der Waals surface area contributed by atoms with Crippen LogP contribution in [0.5, 0.6) is 0 Å². The number of nitro groups is 1. The Bertz CT molecular complexity index is 511. The van der Waals surface area contributed by atoms with Crippen molar-refractivity contribution < 1.29 is 4.92 Å². The molecule has 2 rings (SSSR count). The third-order valence-electron chi connectivity index (χ3n) is 2.64. The monoisotopic (exact) mass is 267 g/mol. The maximum atomic E-state index is 10.9. The summed E-state index contributed by atoms with van der Waals surface area (Å²) < 4.78 is 0. The maximum absolute atomic E-state index is 10.9. The number of hydrogen-bond donors (Lipinski definition) is 0. The number of hydrogen-bond acceptors (Lipinski definition) is 6. The van der Waals surface area contributed by atoms with E-state index in [1.54, 1.807) is 4.90 Å². The highest BCUT2D eigenvalue weighted by atomic mass is 35.5. The SMILES string of the molecule is N#CCCN(c1nc(Cl)ncc1[N+](=O)[O-])C1CC1. The summed E-state index contributed by atoms with van der Waals surface area (Å²) in [7, 11) is 0. The van der Waals surface area contributed by atoms with Crippen LogP contribution in [0.3, 0.4) is 0 Å². The fourth-order valence-electron chi connectivity index (χ4n) is 1.70. The van der Waals surface area contributed by atoms with Gasteiger partial charge in [-0.15, -0.1) is 0 Å². The first-order valence-corrected chi connectivity index (χ1v) is 5.82. The predicted molar refractivity (Wildman–Crippen MR) is 64.3 cm³/mol. The Balaban J connectivity index is 2.36. The van der Waals surface area contributed by atoms with Crippen LogP contribution >= 0.6 is 11.6 Å². The van der Waals surface area contributed by atoms with E-state index in [-0.39, 0.29) is 29.3 Å². The quantitative estimate of drug-likeness (QED) is 0.459. The molecule has 8 heteroatoms. The van der Waals surface area contributed by atoms with Crippen molar-refractivity contribution in [3.05, 3.63) is 21.6 Å². The van der Waals surface area contributed by atoms with E-state index in [9.17, 15) is 10.1 Å². The zero-order valence-corrected chi connectivity index (χ0v) is 10.2. The first kappa shape index (κ1) is 12.5. The Hall–Kier alpha value is -1.94. The summed E-state index contributed by atoms with van der Waals surface area (Å²) in [5.41, 5.74) is -0.177. The van der Waals surface area contributed by atoms with Crippen LogP contribution in [0.2, 0.25) is 5.28 Å². The van der Waals surface area contributed by atoms with E-state index in [0.717, 1.165) is 19.0 Å². The molecule has 0 atom stereocenters. The first-order valence-electron chi connectivity index (χ1n) is 5.44. The highest BCUT2D eigenvalue weighted by Gasteiger charge is 2.34. The molecule has 0 radical (unpaired) electrons. The molecule has 1 aromatic rings. The molecule has 94 valence electrons. The minimum atomic E-state index is -0.534. The topological polar surface area (TPSA) is 96.0 Å². The van der Waals surface area contributed by atoms with Gasteiger partial charge in [0.15, 0.2) is 0 Å². The number of nitriles is 1. The smallest absolute Gasteiger partial charge is 0.329 e. The Kier molecular flexibility index (Phi) is 3.58. The molecule has 7 nitrogen and oxygen atoms in total. The number of halogens is 1. The van der Waals surface area contributed by atoms with Crippen molar-refractivity contribution in [3.8, 4) is 6.07 Å². The number of rotatable bonds is 5. The van der Waals surface area contributed by atoms with Crippen molar-refractivity contribution in [3.63, 3.8) is 0 Å². The van der Waals surface area contributed by atoms with Crippen LogP contribution in [-0.4, -0.2) is 27.5 Å². The molecule has 0 bridgehead atoms. The molecule has 1 fully saturated rings. The fraction of sp³-hybridized carbons (Fsp3) is 0.500. The van der Waals surface area contributed by atoms with E-state index in [1.807, 2.05) is 6.07 Å². The van der Waals surface area contributed by atoms with Gasteiger partial charge in [-0.05, 0) is 24.4 Å². The second-order valence-corrected chi connectivity index (χ2v) is 4.28. The van der Waals surface area contributed by atoms with Crippen molar-refractivity contribution in [2.45, 2.75) is 25.3 Å². The summed E-state index contributed by atoms with van der Waals surface area (Å²) in [5, 5.41) is 19.5. The molecular weight excluding hydrogens is 258 g/mol. The lowest BCUT2D eigenvalue weighted by atomic mass is 10.3. The Morgan fingerprint density at radius 2 is 2.39 bits per heavy atom. The van der Waals surface area contributed by atoms with Gasteiger partial charge in [-0.1, -0.05) is 0 Å². The number of anilines is 1. The van der Waals surface area contributed by atoms with Crippen LogP contribution in [0.4, 0.5) is 11.5 Å². The minimum absolute atomic E-state index is 0.0294. The van der Waals surface area contributed by atoms with E-state index in [2.05, 4.69) is 9.97 Å². The summed E-state index contributed by atoms with van der Waals surface area (Å²) >= 11 is 5.69. The van der Waals surface area contributed by atoms with Crippen LogP contribution in [-0.2, 0) is 0 Å². The molecule has 0 spiro atoms. The third-order valence-corrected chi connectivity index (χ3v) is 2.82. The van der Waals surface area contributed by atoms with Gasteiger partial charge >= 0.3 is 5.69 Å². The molecular formula is C10H10ClN5O2. The summed E-state index contributed by atoms with van der Waals surface area (Å²) in [6, 6.07) is 2.24. The van der Waals surface area contributed by atoms with Gasteiger partial charge in [0.2, 0.25) is 11.1 Å². The minimum Gasteiger partial charge on any atom is -0.347 e. The summed E-state index contributed by atoms with van der Waals surface area (Å²) in [5.74, 6) is 0.206. The van der Waals surface area contributed by atoms with E-state index >= 15 is 0 Å². The highest BCUT2D eigenvalue weighted by molar-refractivity contribution is 6.28. The zero-order valence-electron chi connectivity index (χ0n) is 9.41. The normalized spacial score (nSPS) is 14.0. The standard InChI is InChI=1S/C10H10ClN5O2/c11-10-13-6-8(16(17)18)9(14-10)15(5-1-4-12)7-2-3-7/h6-7H,1-3,5H2. The average molecular weight is 268 g/mol. The summed E-state index contributed by atoms with van der Waals surface area (Å²) in [4.78, 5) is 19.7. The molecule has 1 aliphatic rings. The lowest BCUT2D eigenvalue weighted by Gasteiger charge is -2.21. The van der Waals surface area contributed by atoms with Crippen molar-refractivity contribution in [2.75, 3.05) is 11.4 Å². The lowest BCUT2D eigenvalue weighted by Crippen LogP contribution is -2.28. The molecule has 0 aliphatic heterocycles. The van der Waals surface area contributed by atoms with Crippen LogP contribution in [0.1, 0.15) is 19.3 Å². The Morgan fingerprint density at radius 3 is 2.94 bits per heavy atom. The lowest BCUT2D eigenvalue weighted by molar-refractivity contribution is -0.384. The molecule has 1 saturated carbocycles. The van der Waals surface area contributed by atoms with E-state index < -0.39 is 4.92 Å². The van der Waals surface area contributed by atoms with Gasteiger partial charge in [-0.2, -0.15) is 10.2 Å². The molecule has 0 unspecified atom stereocenters. The molecule has 0 N–H and O–H groups in total. The molecule has 1 aliphatic carbocycles. The van der Waals surface area contributed by atoms with Crippen LogP contribution in [0.15, 0.2) is 6.20 Å². The van der Waals surface area contributed by atoms with E-state index in [1.165, 1.54) is 0 Å². The van der Waals surface area contributed by atoms with Crippen molar-refractivity contribution >= 4 is 23.1 Å². The maximum Gasteiger partial charge on any atom is 0.329 e. The number of nitrogens with zero attached hydrogens (tertiary/aromatic N) is 5. The van der Waals surface area contributed by atoms with Gasteiger partial charge in [-0.3, -0.25) is 10.1 Å². The third kappa shape index (κ3) is 2.65. The van der Waals surface area contributed by atoms with Crippen molar-refractivity contribution in [1.29, 1.82) is 5.26 Å². The largest absolute Gasteiger partial charge is 0.347 e. The Labute approximate surface area is 108 Å². The Morgan fingerprint density at radius 1 is 1.67 bits per heavy atom. The molecule has 0 aromatic carbocycles. The van der Waals surface area contributed by atoms with Crippen LogP contribution in [0.25, 0.3) is 0 Å². The fourth-order valence-corrected chi connectivity index (χ4v) is 1.83. The highest BCUT2D eigenvalue weighted by Crippen LogP contribution is 2.35. The van der Waals surface area contributed by atoms with Gasteiger partial charge in [0, 0.05) is 12.6 Å². The molecule has 18 heavy (non-hydrogen) atoms.